The van der Waals surface area contributed by atoms with E-state index in [2.05, 4.69) is 16.2 Å². The van der Waals surface area contributed by atoms with Crippen molar-refractivity contribution in [2.24, 2.45) is 5.92 Å². The molecule has 1 unspecified atom stereocenters. The standard InChI is InChI=1S/C17H23ClN4O3/c1-2-19-16(24)12-6-5-9-22(10-12)11-15(23)20-21-17(25)13-7-3-4-8-14(13)18/h3-4,7-8,12H,2,5-6,9-11H2,1H3,(H,19,24)(H,20,23)(H,21,25). The number of carbonyl (C=O) groups excluding carboxylic acids is 3. The van der Waals surface area contributed by atoms with Crippen LogP contribution in [-0.2, 0) is 9.59 Å². The second-order valence-corrected chi connectivity index (χ2v) is 6.36. The normalized spacial score (nSPS) is 17.6. The second kappa shape index (κ2) is 9.39. The Hall–Kier alpha value is -2.12. The quantitative estimate of drug-likeness (QED) is 0.677. The van der Waals surface area contributed by atoms with Gasteiger partial charge in [-0.2, -0.15) is 0 Å². The lowest BCUT2D eigenvalue weighted by Gasteiger charge is -2.31. The molecule has 3 amide bonds. The molecular weight excluding hydrogens is 344 g/mol. The Morgan fingerprint density at radius 2 is 2.00 bits per heavy atom. The molecule has 7 nitrogen and oxygen atoms in total. The van der Waals surface area contributed by atoms with Crippen LogP contribution in [-0.4, -0.2) is 48.8 Å². The molecule has 1 aromatic rings. The van der Waals surface area contributed by atoms with Crippen LogP contribution in [0.5, 0.6) is 0 Å². The van der Waals surface area contributed by atoms with Crippen molar-refractivity contribution in [3.8, 4) is 0 Å². The number of halogens is 1. The third-order valence-corrected chi connectivity index (χ3v) is 4.36. The van der Waals surface area contributed by atoms with E-state index in [1.54, 1.807) is 24.3 Å². The van der Waals surface area contributed by atoms with E-state index in [0.717, 1.165) is 19.4 Å². The average molecular weight is 367 g/mol. The lowest BCUT2D eigenvalue weighted by atomic mass is 9.97. The molecule has 3 N–H and O–H groups in total. The van der Waals surface area contributed by atoms with Crippen molar-refractivity contribution in [2.75, 3.05) is 26.2 Å². The van der Waals surface area contributed by atoms with Crippen molar-refractivity contribution in [1.82, 2.24) is 21.1 Å². The molecule has 0 aliphatic carbocycles. The van der Waals surface area contributed by atoms with Crippen LogP contribution in [0.1, 0.15) is 30.1 Å². The second-order valence-electron chi connectivity index (χ2n) is 5.95. The molecular formula is C17H23ClN4O3. The lowest BCUT2D eigenvalue weighted by Crippen LogP contribution is -2.50. The van der Waals surface area contributed by atoms with E-state index in [0.29, 0.717) is 23.7 Å². The fourth-order valence-corrected chi connectivity index (χ4v) is 3.04. The van der Waals surface area contributed by atoms with Gasteiger partial charge in [0.2, 0.25) is 5.91 Å². The fraction of sp³-hybridized carbons (Fsp3) is 0.471. The summed E-state index contributed by atoms with van der Waals surface area (Å²) in [6, 6.07) is 6.59. The van der Waals surface area contributed by atoms with E-state index in [9.17, 15) is 14.4 Å². The van der Waals surface area contributed by atoms with E-state index >= 15 is 0 Å². The predicted octanol–water partition coefficient (Wildman–Crippen LogP) is 0.949. The molecule has 1 fully saturated rings. The number of rotatable bonds is 5. The molecule has 0 spiro atoms. The van der Waals surface area contributed by atoms with Crippen LogP contribution in [0.25, 0.3) is 0 Å². The number of hydrogen-bond acceptors (Lipinski definition) is 4. The Kier molecular flexibility index (Phi) is 7.21. The monoisotopic (exact) mass is 366 g/mol. The summed E-state index contributed by atoms with van der Waals surface area (Å²) in [6.07, 6.45) is 1.69. The summed E-state index contributed by atoms with van der Waals surface area (Å²) >= 11 is 5.94. The number of nitrogens with zero attached hydrogens (tertiary/aromatic N) is 1. The molecule has 0 aromatic heterocycles. The van der Waals surface area contributed by atoms with E-state index in [4.69, 9.17) is 11.6 Å². The van der Waals surface area contributed by atoms with Crippen molar-refractivity contribution in [3.63, 3.8) is 0 Å². The minimum Gasteiger partial charge on any atom is -0.356 e. The van der Waals surface area contributed by atoms with Gasteiger partial charge in [0, 0.05) is 13.1 Å². The largest absolute Gasteiger partial charge is 0.356 e. The number of carbonyl (C=O) groups is 3. The molecule has 136 valence electrons. The number of amides is 3. The Bertz CT molecular complexity index is 638. The molecule has 0 radical (unpaired) electrons. The summed E-state index contributed by atoms with van der Waals surface area (Å²) in [5, 5.41) is 3.13. The summed E-state index contributed by atoms with van der Waals surface area (Å²) in [4.78, 5) is 37.9. The molecule has 1 saturated heterocycles. The number of hydrogen-bond donors (Lipinski definition) is 3. The third-order valence-electron chi connectivity index (χ3n) is 4.03. The highest BCUT2D eigenvalue weighted by Gasteiger charge is 2.26. The van der Waals surface area contributed by atoms with Crippen LogP contribution in [0, 0.1) is 5.92 Å². The molecule has 2 rings (SSSR count). The number of likely N-dealkylation sites (tertiary alicyclic amines) is 1. The van der Waals surface area contributed by atoms with Crippen LogP contribution in [0.2, 0.25) is 5.02 Å². The molecule has 1 heterocycles. The zero-order valence-electron chi connectivity index (χ0n) is 14.2. The number of piperidine rings is 1. The van der Waals surface area contributed by atoms with Gasteiger partial charge >= 0.3 is 0 Å². The van der Waals surface area contributed by atoms with Crippen LogP contribution >= 0.6 is 11.6 Å². The molecule has 0 saturated carbocycles. The van der Waals surface area contributed by atoms with Crippen molar-refractivity contribution < 1.29 is 14.4 Å². The molecule has 1 atom stereocenters. The van der Waals surface area contributed by atoms with E-state index < -0.39 is 5.91 Å². The van der Waals surface area contributed by atoms with Gasteiger partial charge in [0.15, 0.2) is 0 Å². The van der Waals surface area contributed by atoms with Crippen LogP contribution in [0.15, 0.2) is 24.3 Å². The van der Waals surface area contributed by atoms with Gasteiger partial charge in [-0.25, -0.2) is 0 Å². The van der Waals surface area contributed by atoms with Crippen molar-refractivity contribution in [2.45, 2.75) is 19.8 Å². The number of benzene rings is 1. The van der Waals surface area contributed by atoms with Gasteiger partial charge in [0.05, 0.1) is 23.0 Å². The number of nitrogens with one attached hydrogen (secondary N) is 3. The molecule has 1 aliphatic rings. The topological polar surface area (TPSA) is 90.5 Å². The average Bonchev–Trinajstić information content (AvgIpc) is 2.60. The lowest BCUT2D eigenvalue weighted by molar-refractivity contribution is -0.129. The maximum absolute atomic E-state index is 12.0. The highest BCUT2D eigenvalue weighted by Crippen LogP contribution is 2.16. The summed E-state index contributed by atoms with van der Waals surface area (Å²) < 4.78 is 0. The first-order chi connectivity index (χ1) is 12.0. The van der Waals surface area contributed by atoms with Gasteiger partial charge < -0.3 is 5.32 Å². The van der Waals surface area contributed by atoms with Crippen LogP contribution in [0.4, 0.5) is 0 Å². The summed E-state index contributed by atoms with van der Waals surface area (Å²) in [5.74, 6) is -0.881. The van der Waals surface area contributed by atoms with E-state index in [1.165, 1.54) is 0 Å². The molecule has 8 heteroatoms. The molecule has 0 bridgehead atoms. The van der Waals surface area contributed by atoms with Gasteiger partial charge in [-0.15, -0.1) is 0 Å². The van der Waals surface area contributed by atoms with Gasteiger partial charge in [0.1, 0.15) is 0 Å². The first-order valence-corrected chi connectivity index (χ1v) is 8.72. The van der Waals surface area contributed by atoms with Gasteiger partial charge in [-0.05, 0) is 38.4 Å². The third kappa shape index (κ3) is 5.72. The van der Waals surface area contributed by atoms with Gasteiger partial charge in [0.25, 0.3) is 11.8 Å². The van der Waals surface area contributed by atoms with Crippen molar-refractivity contribution in [1.29, 1.82) is 0 Å². The van der Waals surface area contributed by atoms with Gasteiger partial charge in [-0.3, -0.25) is 30.1 Å². The van der Waals surface area contributed by atoms with Crippen molar-refractivity contribution >= 4 is 29.3 Å². The van der Waals surface area contributed by atoms with Crippen LogP contribution in [0.3, 0.4) is 0 Å². The predicted molar refractivity (Wildman–Crippen MR) is 94.9 cm³/mol. The zero-order chi connectivity index (χ0) is 18.2. The summed E-state index contributed by atoms with van der Waals surface area (Å²) in [6.45, 7) is 3.90. The van der Waals surface area contributed by atoms with Crippen molar-refractivity contribution in [3.05, 3.63) is 34.9 Å². The number of hydrazine groups is 1. The molecule has 25 heavy (non-hydrogen) atoms. The smallest absolute Gasteiger partial charge is 0.271 e. The highest BCUT2D eigenvalue weighted by atomic mass is 35.5. The fourth-order valence-electron chi connectivity index (χ4n) is 2.81. The maximum atomic E-state index is 12.0. The Labute approximate surface area is 152 Å². The van der Waals surface area contributed by atoms with Crippen LogP contribution < -0.4 is 16.2 Å². The Balaban J connectivity index is 1.79. The van der Waals surface area contributed by atoms with E-state index in [-0.39, 0.29) is 24.3 Å². The maximum Gasteiger partial charge on any atom is 0.271 e. The van der Waals surface area contributed by atoms with Gasteiger partial charge in [-0.1, -0.05) is 23.7 Å². The minimum atomic E-state index is -0.474. The zero-order valence-corrected chi connectivity index (χ0v) is 14.9. The minimum absolute atomic E-state index is 0.0274. The Morgan fingerprint density at radius 3 is 2.72 bits per heavy atom. The molecule has 1 aromatic carbocycles. The van der Waals surface area contributed by atoms with E-state index in [1.807, 2.05) is 11.8 Å². The molecule has 1 aliphatic heterocycles. The first-order valence-electron chi connectivity index (χ1n) is 8.35. The Morgan fingerprint density at radius 1 is 1.24 bits per heavy atom. The summed E-state index contributed by atoms with van der Waals surface area (Å²) in [7, 11) is 0. The summed E-state index contributed by atoms with van der Waals surface area (Å²) in [5.41, 5.74) is 5.03. The SMILES string of the molecule is CCNC(=O)C1CCCN(CC(=O)NNC(=O)c2ccccc2Cl)C1. The highest BCUT2D eigenvalue weighted by molar-refractivity contribution is 6.33. The first kappa shape index (κ1) is 19.2.